The molecule has 0 saturated carbocycles. The predicted molar refractivity (Wildman–Crippen MR) is 80.7 cm³/mol. The van der Waals surface area contributed by atoms with Gasteiger partial charge in [0.25, 0.3) is 0 Å². The predicted octanol–water partition coefficient (Wildman–Crippen LogP) is 2.99. The first-order valence-corrected chi connectivity index (χ1v) is 6.03. The SMILES string of the molecule is CC(C)(CO)[C@@H](N)c1ccc2cc(O)ccc2c1.Cl. The Morgan fingerprint density at radius 1 is 1.11 bits per heavy atom. The van der Waals surface area contributed by atoms with Crippen molar-refractivity contribution in [3.05, 3.63) is 42.0 Å². The van der Waals surface area contributed by atoms with Crippen molar-refractivity contribution in [3.63, 3.8) is 0 Å². The van der Waals surface area contributed by atoms with Crippen molar-refractivity contribution in [3.8, 4) is 5.75 Å². The lowest BCUT2D eigenvalue weighted by Gasteiger charge is -2.29. The van der Waals surface area contributed by atoms with E-state index in [0.29, 0.717) is 0 Å². The summed E-state index contributed by atoms with van der Waals surface area (Å²) in [5.74, 6) is 0.259. The second-order valence-electron chi connectivity index (χ2n) is 5.42. The lowest BCUT2D eigenvalue weighted by atomic mass is 9.81. The van der Waals surface area contributed by atoms with Crippen LogP contribution in [0.25, 0.3) is 10.8 Å². The number of hydrogen-bond acceptors (Lipinski definition) is 3. The molecular formula is C15H20ClNO2. The summed E-state index contributed by atoms with van der Waals surface area (Å²) in [5, 5.41) is 20.8. The van der Waals surface area contributed by atoms with E-state index in [1.54, 1.807) is 12.1 Å². The van der Waals surface area contributed by atoms with Crippen LogP contribution in [0, 0.1) is 5.41 Å². The Kier molecular flexibility index (Phi) is 4.80. The molecule has 2 rings (SSSR count). The van der Waals surface area contributed by atoms with Gasteiger partial charge in [0, 0.05) is 18.1 Å². The molecule has 1 atom stereocenters. The van der Waals surface area contributed by atoms with Crippen molar-refractivity contribution in [2.45, 2.75) is 19.9 Å². The fraction of sp³-hybridized carbons (Fsp3) is 0.333. The number of phenols is 1. The number of aliphatic hydroxyl groups is 1. The van der Waals surface area contributed by atoms with Gasteiger partial charge in [0.15, 0.2) is 0 Å². The smallest absolute Gasteiger partial charge is 0.116 e. The maximum Gasteiger partial charge on any atom is 0.116 e. The van der Waals surface area contributed by atoms with Gasteiger partial charge in [-0.2, -0.15) is 0 Å². The molecule has 0 aliphatic heterocycles. The van der Waals surface area contributed by atoms with E-state index in [9.17, 15) is 10.2 Å². The van der Waals surface area contributed by atoms with Gasteiger partial charge in [-0.05, 0) is 34.5 Å². The van der Waals surface area contributed by atoms with Crippen LogP contribution in [0.4, 0.5) is 0 Å². The maximum atomic E-state index is 9.42. The molecule has 19 heavy (non-hydrogen) atoms. The van der Waals surface area contributed by atoms with E-state index in [-0.39, 0.29) is 36.2 Å². The van der Waals surface area contributed by atoms with Crippen LogP contribution in [0.1, 0.15) is 25.5 Å². The molecule has 0 bridgehead atoms. The number of benzene rings is 2. The van der Waals surface area contributed by atoms with Crippen LogP contribution in [0.15, 0.2) is 36.4 Å². The zero-order valence-corrected chi connectivity index (χ0v) is 11.9. The summed E-state index contributed by atoms with van der Waals surface area (Å²) in [7, 11) is 0. The molecule has 0 heterocycles. The van der Waals surface area contributed by atoms with Gasteiger partial charge < -0.3 is 15.9 Å². The Labute approximate surface area is 119 Å². The van der Waals surface area contributed by atoms with Crippen LogP contribution in [-0.4, -0.2) is 16.8 Å². The summed E-state index contributed by atoms with van der Waals surface area (Å²) in [6, 6.07) is 10.9. The summed E-state index contributed by atoms with van der Waals surface area (Å²) < 4.78 is 0. The van der Waals surface area contributed by atoms with Crippen molar-refractivity contribution in [2.24, 2.45) is 11.1 Å². The number of phenolic OH excluding ortho intramolecular Hbond substituents is 1. The third-order valence-corrected chi connectivity index (χ3v) is 3.46. The molecule has 2 aromatic rings. The van der Waals surface area contributed by atoms with E-state index in [4.69, 9.17) is 5.73 Å². The second-order valence-corrected chi connectivity index (χ2v) is 5.42. The highest BCUT2D eigenvalue weighted by molar-refractivity contribution is 5.85. The average molecular weight is 282 g/mol. The van der Waals surface area contributed by atoms with E-state index in [0.717, 1.165) is 16.3 Å². The summed E-state index contributed by atoms with van der Waals surface area (Å²) in [6.07, 6.45) is 0. The Hall–Kier alpha value is -1.29. The van der Waals surface area contributed by atoms with E-state index in [2.05, 4.69) is 0 Å². The minimum atomic E-state index is -0.357. The van der Waals surface area contributed by atoms with Gasteiger partial charge in [-0.1, -0.05) is 32.0 Å². The van der Waals surface area contributed by atoms with Crippen LogP contribution in [0.3, 0.4) is 0 Å². The van der Waals surface area contributed by atoms with Crippen LogP contribution in [-0.2, 0) is 0 Å². The third kappa shape index (κ3) is 3.18. The van der Waals surface area contributed by atoms with Gasteiger partial charge >= 0.3 is 0 Å². The first-order valence-electron chi connectivity index (χ1n) is 6.03. The van der Waals surface area contributed by atoms with Crippen molar-refractivity contribution < 1.29 is 10.2 Å². The standard InChI is InChI=1S/C15H19NO2.ClH/c1-15(2,9-17)14(16)12-4-3-11-8-13(18)6-5-10(11)7-12;/h3-8,14,17-18H,9,16H2,1-2H3;1H/t14-;/m0./s1. The number of halogens is 1. The van der Waals surface area contributed by atoms with Gasteiger partial charge in [0.2, 0.25) is 0 Å². The highest BCUT2D eigenvalue weighted by Gasteiger charge is 2.26. The molecule has 3 nitrogen and oxygen atoms in total. The molecule has 0 amide bonds. The van der Waals surface area contributed by atoms with Crippen molar-refractivity contribution in [2.75, 3.05) is 6.61 Å². The number of fused-ring (bicyclic) bond motifs is 1. The molecule has 0 saturated heterocycles. The average Bonchev–Trinajstić information content (AvgIpc) is 2.37. The summed E-state index contributed by atoms with van der Waals surface area (Å²) >= 11 is 0. The van der Waals surface area contributed by atoms with Crippen LogP contribution in [0.2, 0.25) is 0 Å². The number of hydrogen-bond donors (Lipinski definition) is 3. The molecule has 0 radical (unpaired) electrons. The van der Waals surface area contributed by atoms with Gasteiger partial charge in [-0.3, -0.25) is 0 Å². The molecule has 0 spiro atoms. The Morgan fingerprint density at radius 3 is 2.32 bits per heavy atom. The number of nitrogens with two attached hydrogens (primary N) is 1. The summed E-state index contributed by atoms with van der Waals surface area (Å²) in [4.78, 5) is 0. The number of aromatic hydroxyl groups is 1. The van der Waals surface area contributed by atoms with Crippen LogP contribution < -0.4 is 5.73 Å². The van der Waals surface area contributed by atoms with E-state index >= 15 is 0 Å². The minimum Gasteiger partial charge on any atom is -0.508 e. The fourth-order valence-corrected chi connectivity index (χ4v) is 1.99. The van der Waals surface area contributed by atoms with Crippen molar-refractivity contribution in [1.29, 1.82) is 0 Å². The number of aliphatic hydroxyl groups excluding tert-OH is 1. The minimum absolute atomic E-state index is 0. The highest BCUT2D eigenvalue weighted by Crippen LogP contribution is 2.32. The Morgan fingerprint density at radius 2 is 1.68 bits per heavy atom. The quantitative estimate of drug-likeness (QED) is 0.810. The van der Waals surface area contributed by atoms with Crippen molar-refractivity contribution in [1.82, 2.24) is 0 Å². The van der Waals surface area contributed by atoms with E-state index in [1.165, 1.54) is 0 Å². The molecule has 104 valence electrons. The lowest BCUT2D eigenvalue weighted by molar-refractivity contribution is 0.132. The molecule has 2 aromatic carbocycles. The first-order chi connectivity index (χ1) is 8.44. The van der Waals surface area contributed by atoms with E-state index in [1.807, 2.05) is 38.1 Å². The Balaban J connectivity index is 0.00000180. The molecule has 0 aliphatic rings. The monoisotopic (exact) mass is 281 g/mol. The van der Waals surface area contributed by atoms with Gasteiger partial charge in [0.1, 0.15) is 5.75 Å². The third-order valence-electron chi connectivity index (χ3n) is 3.46. The topological polar surface area (TPSA) is 66.5 Å². The van der Waals surface area contributed by atoms with E-state index < -0.39 is 0 Å². The van der Waals surface area contributed by atoms with Gasteiger partial charge in [-0.25, -0.2) is 0 Å². The molecule has 0 aliphatic carbocycles. The fourth-order valence-electron chi connectivity index (χ4n) is 1.99. The Bertz CT molecular complexity index is 569. The molecule has 4 heteroatoms. The zero-order valence-electron chi connectivity index (χ0n) is 11.1. The van der Waals surface area contributed by atoms with Crippen molar-refractivity contribution >= 4 is 23.2 Å². The molecule has 4 N–H and O–H groups in total. The normalized spacial score (nSPS) is 13.1. The van der Waals surface area contributed by atoms with Gasteiger partial charge in [-0.15, -0.1) is 12.4 Å². The summed E-state index contributed by atoms with van der Waals surface area (Å²) in [5.41, 5.74) is 6.83. The van der Waals surface area contributed by atoms with Crippen LogP contribution >= 0.6 is 12.4 Å². The lowest BCUT2D eigenvalue weighted by Crippen LogP contribution is -2.32. The molecular weight excluding hydrogens is 262 g/mol. The van der Waals surface area contributed by atoms with Gasteiger partial charge in [0.05, 0.1) is 0 Å². The molecule has 0 unspecified atom stereocenters. The summed E-state index contributed by atoms with van der Waals surface area (Å²) in [6.45, 7) is 3.93. The number of rotatable bonds is 3. The first kappa shape index (κ1) is 15.8. The zero-order chi connectivity index (χ0) is 13.3. The maximum absolute atomic E-state index is 9.42. The largest absolute Gasteiger partial charge is 0.508 e. The van der Waals surface area contributed by atoms with Crippen LogP contribution in [0.5, 0.6) is 5.75 Å². The highest BCUT2D eigenvalue weighted by atomic mass is 35.5. The second kappa shape index (κ2) is 5.78. The molecule has 0 fully saturated rings. The molecule has 0 aromatic heterocycles.